The maximum Gasteiger partial charge on any atom is 0.414 e. The number of nitrogens with zero attached hydrogens (tertiary/aromatic N) is 1. The second-order valence-corrected chi connectivity index (χ2v) is 5.37. The van der Waals surface area contributed by atoms with Crippen molar-refractivity contribution in [2.75, 3.05) is 13.1 Å². The Kier molecular flexibility index (Phi) is 5.79. The lowest BCUT2D eigenvalue weighted by atomic mass is 9.99. The zero-order valence-corrected chi connectivity index (χ0v) is 11.5. The quantitative estimate of drug-likeness (QED) is 0.697. The number of nitrogens with one attached hydrogen (secondary N) is 1. The van der Waals surface area contributed by atoms with Crippen molar-refractivity contribution in [1.29, 1.82) is 0 Å². The largest absolute Gasteiger partial charge is 0.465 e. The molecule has 108 valence electrons. The van der Waals surface area contributed by atoms with Gasteiger partial charge in [0.2, 0.25) is 11.8 Å². The molecule has 2 unspecified atom stereocenters. The van der Waals surface area contributed by atoms with Crippen LogP contribution in [0.5, 0.6) is 0 Å². The molecule has 0 aromatic rings. The molecule has 6 nitrogen and oxygen atoms in total. The fraction of sp³-hybridized carbons (Fsp3) is 0.769. The molecular weight excluding hydrogens is 248 g/mol. The van der Waals surface area contributed by atoms with Crippen LogP contribution < -0.4 is 5.32 Å². The Balaban J connectivity index is 0.000000200. The van der Waals surface area contributed by atoms with Gasteiger partial charge in [-0.3, -0.25) is 9.59 Å². The van der Waals surface area contributed by atoms with Crippen LogP contribution in [0.15, 0.2) is 0 Å². The molecule has 0 aliphatic carbocycles. The third-order valence-electron chi connectivity index (χ3n) is 3.39. The molecule has 2 heterocycles. The lowest BCUT2D eigenvalue weighted by molar-refractivity contribution is -0.132. The molecule has 2 aliphatic rings. The first-order valence-electron chi connectivity index (χ1n) is 6.70. The summed E-state index contributed by atoms with van der Waals surface area (Å²) >= 11 is 0. The smallest absolute Gasteiger partial charge is 0.414 e. The average Bonchev–Trinajstić information content (AvgIpc) is 2.28. The maximum absolute atomic E-state index is 11.0. The first-order valence-corrected chi connectivity index (χ1v) is 6.70. The third kappa shape index (κ3) is 5.28. The van der Waals surface area contributed by atoms with Crippen LogP contribution in [0.2, 0.25) is 0 Å². The second kappa shape index (κ2) is 7.11. The van der Waals surface area contributed by atoms with E-state index in [1.54, 1.807) is 0 Å². The van der Waals surface area contributed by atoms with Crippen molar-refractivity contribution in [2.45, 2.75) is 39.5 Å². The molecule has 2 N–H and O–H groups in total. The third-order valence-corrected chi connectivity index (χ3v) is 3.39. The number of carboxylic acid groups (broad SMARTS) is 1. The number of amides is 3. The maximum atomic E-state index is 11.0. The summed E-state index contributed by atoms with van der Waals surface area (Å²) in [6, 6.07) is 0. The Morgan fingerprint density at radius 1 is 1.21 bits per heavy atom. The van der Waals surface area contributed by atoms with Gasteiger partial charge in [-0.2, -0.15) is 0 Å². The Morgan fingerprint density at radius 2 is 1.84 bits per heavy atom. The summed E-state index contributed by atoms with van der Waals surface area (Å²) in [6.07, 6.45) is 1.90. The fourth-order valence-corrected chi connectivity index (χ4v) is 2.14. The number of hydrogen-bond acceptors (Lipinski definition) is 3. The van der Waals surface area contributed by atoms with Crippen LogP contribution in [0.4, 0.5) is 4.79 Å². The van der Waals surface area contributed by atoms with Gasteiger partial charge < -0.3 is 10.4 Å². The molecule has 2 fully saturated rings. The van der Waals surface area contributed by atoms with Crippen LogP contribution in [0.3, 0.4) is 0 Å². The topological polar surface area (TPSA) is 86.7 Å². The highest BCUT2D eigenvalue weighted by Gasteiger charge is 2.27. The SMILES string of the molecule is CC1CCN(C(=O)O)C(=O)C1.CC1CCNC(=O)C1. The van der Waals surface area contributed by atoms with Crippen molar-refractivity contribution in [3.05, 3.63) is 0 Å². The van der Waals surface area contributed by atoms with Gasteiger partial charge in [-0.25, -0.2) is 9.69 Å². The first kappa shape index (κ1) is 15.5. The molecule has 0 saturated carbocycles. The number of carbonyl (C=O) groups is 3. The van der Waals surface area contributed by atoms with Crippen molar-refractivity contribution in [3.8, 4) is 0 Å². The lowest BCUT2D eigenvalue weighted by Crippen LogP contribution is -2.41. The molecule has 0 bridgehead atoms. The molecule has 2 saturated heterocycles. The predicted octanol–water partition coefficient (Wildman–Crippen LogP) is 1.46. The molecule has 2 rings (SSSR count). The number of rotatable bonds is 0. The van der Waals surface area contributed by atoms with E-state index in [-0.39, 0.29) is 11.8 Å². The van der Waals surface area contributed by atoms with Gasteiger partial charge in [0.05, 0.1) is 0 Å². The minimum atomic E-state index is -1.12. The van der Waals surface area contributed by atoms with E-state index in [0.717, 1.165) is 30.7 Å². The first-order chi connectivity index (χ1) is 8.90. The number of likely N-dealkylation sites (tertiary alicyclic amines) is 1. The molecule has 6 heteroatoms. The summed E-state index contributed by atoms with van der Waals surface area (Å²) in [5.74, 6) is 0.877. The van der Waals surface area contributed by atoms with Crippen molar-refractivity contribution >= 4 is 17.9 Å². The minimum Gasteiger partial charge on any atom is -0.465 e. The van der Waals surface area contributed by atoms with E-state index in [1.807, 2.05) is 6.92 Å². The fourth-order valence-electron chi connectivity index (χ4n) is 2.14. The van der Waals surface area contributed by atoms with E-state index in [4.69, 9.17) is 5.11 Å². The molecular formula is C13H22N2O4. The summed E-state index contributed by atoms with van der Waals surface area (Å²) in [5, 5.41) is 11.3. The standard InChI is InChI=1S/C7H11NO3.C6H11NO/c1-5-2-3-8(7(10)11)6(9)4-5;1-5-2-3-7-6(8)4-5/h5H,2-4H2,1H3,(H,10,11);5H,2-4H2,1H3,(H,7,8). The van der Waals surface area contributed by atoms with Crippen molar-refractivity contribution in [1.82, 2.24) is 10.2 Å². The summed E-state index contributed by atoms with van der Waals surface area (Å²) in [6.45, 7) is 5.30. The molecule has 0 aromatic carbocycles. The highest BCUT2D eigenvalue weighted by Crippen LogP contribution is 2.16. The Morgan fingerprint density at radius 3 is 2.26 bits per heavy atom. The summed E-state index contributed by atoms with van der Waals surface area (Å²) < 4.78 is 0. The second-order valence-electron chi connectivity index (χ2n) is 5.37. The number of carbonyl (C=O) groups excluding carboxylic acids is 2. The van der Waals surface area contributed by atoms with E-state index in [9.17, 15) is 14.4 Å². The monoisotopic (exact) mass is 270 g/mol. The molecule has 2 atom stereocenters. The highest BCUT2D eigenvalue weighted by atomic mass is 16.4. The molecule has 3 amide bonds. The zero-order valence-electron chi connectivity index (χ0n) is 11.5. The Hall–Kier alpha value is -1.59. The van der Waals surface area contributed by atoms with Crippen molar-refractivity contribution in [3.63, 3.8) is 0 Å². The van der Waals surface area contributed by atoms with Crippen molar-refractivity contribution in [2.24, 2.45) is 11.8 Å². The molecule has 0 spiro atoms. The van der Waals surface area contributed by atoms with Gasteiger partial charge in [-0.05, 0) is 24.7 Å². The average molecular weight is 270 g/mol. The van der Waals surface area contributed by atoms with E-state index in [1.165, 1.54) is 0 Å². The van der Waals surface area contributed by atoms with Crippen molar-refractivity contribution < 1.29 is 19.5 Å². The van der Waals surface area contributed by atoms with Gasteiger partial charge in [0, 0.05) is 25.9 Å². The lowest BCUT2D eigenvalue weighted by Gasteiger charge is -2.25. The molecule has 0 aromatic heterocycles. The van der Waals surface area contributed by atoms with Crippen LogP contribution in [-0.4, -0.2) is 41.0 Å². The van der Waals surface area contributed by atoms with Gasteiger partial charge in [0.25, 0.3) is 0 Å². The van der Waals surface area contributed by atoms with Gasteiger partial charge in [0.15, 0.2) is 0 Å². The van der Waals surface area contributed by atoms with Gasteiger partial charge in [-0.1, -0.05) is 13.8 Å². The van der Waals surface area contributed by atoms with Crippen LogP contribution in [-0.2, 0) is 9.59 Å². The predicted molar refractivity (Wildman–Crippen MR) is 69.5 cm³/mol. The van der Waals surface area contributed by atoms with E-state index in [0.29, 0.717) is 24.8 Å². The summed E-state index contributed by atoms with van der Waals surface area (Å²) in [7, 11) is 0. The Labute approximate surface area is 113 Å². The van der Waals surface area contributed by atoms with E-state index in [2.05, 4.69) is 12.2 Å². The normalized spacial score (nSPS) is 27.2. The van der Waals surface area contributed by atoms with Crippen LogP contribution >= 0.6 is 0 Å². The molecule has 0 radical (unpaired) electrons. The van der Waals surface area contributed by atoms with E-state index < -0.39 is 6.09 Å². The van der Waals surface area contributed by atoms with Crippen LogP contribution in [0.25, 0.3) is 0 Å². The number of piperidine rings is 2. The van der Waals surface area contributed by atoms with Crippen LogP contribution in [0.1, 0.15) is 39.5 Å². The highest BCUT2D eigenvalue weighted by molar-refractivity contribution is 5.91. The van der Waals surface area contributed by atoms with Crippen LogP contribution in [0, 0.1) is 11.8 Å². The number of hydrogen-bond donors (Lipinski definition) is 2. The minimum absolute atomic E-state index is 0.212. The van der Waals surface area contributed by atoms with Gasteiger partial charge >= 0.3 is 6.09 Å². The number of imide groups is 1. The van der Waals surface area contributed by atoms with E-state index >= 15 is 0 Å². The van der Waals surface area contributed by atoms with Gasteiger partial charge in [0.1, 0.15) is 0 Å². The van der Waals surface area contributed by atoms with Gasteiger partial charge in [-0.15, -0.1) is 0 Å². The zero-order chi connectivity index (χ0) is 14.4. The summed E-state index contributed by atoms with van der Waals surface area (Å²) in [4.78, 5) is 32.8. The Bertz CT molecular complexity index is 357. The molecule has 2 aliphatic heterocycles. The molecule has 19 heavy (non-hydrogen) atoms. The summed E-state index contributed by atoms with van der Waals surface area (Å²) in [5.41, 5.74) is 0.